The van der Waals surface area contributed by atoms with Gasteiger partial charge in [0, 0.05) is 39.1 Å². The number of ether oxygens (including phenoxy) is 1. The van der Waals surface area contributed by atoms with Crippen molar-refractivity contribution < 1.29 is 9.53 Å². The van der Waals surface area contributed by atoms with E-state index in [1.807, 2.05) is 4.90 Å². The number of methoxy groups -OCH3 is 1. The molecule has 1 saturated heterocycles. The molecule has 0 saturated carbocycles. The molecule has 0 spiro atoms. The van der Waals surface area contributed by atoms with Crippen LogP contribution in [0, 0.1) is 11.8 Å². The Bertz CT molecular complexity index is 197. The zero-order valence-corrected chi connectivity index (χ0v) is 9.03. The summed E-state index contributed by atoms with van der Waals surface area (Å²) < 4.78 is 5.12. The molecule has 4 nitrogen and oxygen atoms in total. The number of amides is 1. The molecule has 1 aliphatic rings. The Morgan fingerprint density at radius 1 is 1.57 bits per heavy atom. The molecule has 1 rings (SSSR count). The highest BCUT2D eigenvalue weighted by Crippen LogP contribution is 2.23. The van der Waals surface area contributed by atoms with Gasteiger partial charge in [0.15, 0.2) is 0 Å². The van der Waals surface area contributed by atoms with Crippen LogP contribution in [-0.4, -0.2) is 44.2 Å². The molecule has 4 heteroatoms. The maximum atomic E-state index is 11.5. The van der Waals surface area contributed by atoms with Crippen LogP contribution in [0.5, 0.6) is 0 Å². The van der Waals surface area contributed by atoms with Crippen LogP contribution < -0.4 is 5.73 Å². The van der Waals surface area contributed by atoms with Crippen LogP contribution in [-0.2, 0) is 9.53 Å². The zero-order valence-electron chi connectivity index (χ0n) is 9.03. The van der Waals surface area contributed by atoms with E-state index in [-0.39, 0.29) is 5.91 Å². The summed E-state index contributed by atoms with van der Waals surface area (Å²) in [5, 5.41) is 0. The van der Waals surface area contributed by atoms with Crippen molar-refractivity contribution in [3.8, 4) is 0 Å². The van der Waals surface area contributed by atoms with Crippen LogP contribution in [0.15, 0.2) is 0 Å². The first-order chi connectivity index (χ1) is 6.69. The first-order valence-electron chi connectivity index (χ1n) is 5.15. The van der Waals surface area contributed by atoms with E-state index in [0.717, 1.165) is 19.7 Å². The summed E-state index contributed by atoms with van der Waals surface area (Å²) in [6, 6.07) is 0. The molecule has 0 unspecified atom stereocenters. The van der Waals surface area contributed by atoms with Gasteiger partial charge < -0.3 is 15.4 Å². The zero-order chi connectivity index (χ0) is 10.6. The summed E-state index contributed by atoms with van der Waals surface area (Å²) in [5.74, 6) is 1.20. The molecule has 82 valence electrons. The summed E-state index contributed by atoms with van der Waals surface area (Å²) in [7, 11) is 1.71. The highest BCUT2D eigenvalue weighted by Gasteiger charge is 2.31. The maximum Gasteiger partial charge on any atom is 0.223 e. The van der Waals surface area contributed by atoms with Crippen molar-refractivity contribution in [3.63, 3.8) is 0 Å². The van der Waals surface area contributed by atoms with Crippen molar-refractivity contribution in [2.75, 3.05) is 33.4 Å². The average molecular weight is 200 g/mol. The predicted molar refractivity (Wildman–Crippen MR) is 54.8 cm³/mol. The van der Waals surface area contributed by atoms with E-state index in [9.17, 15) is 4.79 Å². The van der Waals surface area contributed by atoms with Crippen molar-refractivity contribution in [1.82, 2.24) is 4.90 Å². The van der Waals surface area contributed by atoms with Gasteiger partial charge in [-0.05, 0) is 5.92 Å². The molecule has 0 radical (unpaired) electrons. The monoisotopic (exact) mass is 200 g/mol. The third-order valence-corrected chi connectivity index (χ3v) is 2.86. The second-order valence-electron chi connectivity index (χ2n) is 4.03. The van der Waals surface area contributed by atoms with Gasteiger partial charge in [-0.15, -0.1) is 0 Å². The van der Waals surface area contributed by atoms with Gasteiger partial charge >= 0.3 is 0 Å². The van der Waals surface area contributed by atoms with E-state index in [1.54, 1.807) is 7.11 Å². The van der Waals surface area contributed by atoms with Crippen LogP contribution in [0.1, 0.15) is 13.3 Å². The third-order valence-electron chi connectivity index (χ3n) is 2.86. The molecule has 0 bridgehead atoms. The fourth-order valence-electron chi connectivity index (χ4n) is 1.95. The average Bonchev–Trinajstić information content (AvgIpc) is 2.49. The lowest BCUT2D eigenvalue weighted by Crippen LogP contribution is -2.30. The minimum atomic E-state index is 0.179. The van der Waals surface area contributed by atoms with Crippen molar-refractivity contribution in [2.45, 2.75) is 13.3 Å². The van der Waals surface area contributed by atoms with Crippen LogP contribution in [0.3, 0.4) is 0 Å². The van der Waals surface area contributed by atoms with Crippen LogP contribution in [0.2, 0.25) is 0 Å². The molecule has 1 aliphatic heterocycles. The minimum Gasteiger partial charge on any atom is -0.384 e. The Hall–Kier alpha value is -0.610. The quantitative estimate of drug-likeness (QED) is 0.699. The van der Waals surface area contributed by atoms with E-state index >= 15 is 0 Å². The lowest BCUT2D eigenvalue weighted by molar-refractivity contribution is -0.130. The predicted octanol–water partition coefficient (Wildman–Crippen LogP) is 0.0761. The SMILES string of the molecule is COC[C@@H]1CN(C(=O)CCN)C[C@@H]1C. The Kier molecular flexibility index (Phi) is 4.35. The number of hydrogen-bond donors (Lipinski definition) is 1. The molecule has 2 N–H and O–H groups in total. The van der Waals surface area contributed by atoms with Crippen LogP contribution in [0.4, 0.5) is 0 Å². The molecule has 0 aromatic carbocycles. The number of nitrogens with two attached hydrogens (primary N) is 1. The van der Waals surface area contributed by atoms with E-state index in [2.05, 4.69) is 6.92 Å². The molecule has 0 aromatic rings. The summed E-state index contributed by atoms with van der Waals surface area (Å²) in [4.78, 5) is 13.4. The molecule has 2 atom stereocenters. The smallest absolute Gasteiger partial charge is 0.223 e. The van der Waals surface area contributed by atoms with Crippen LogP contribution >= 0.6 is 0 Å². The molecular formula is C10H20N2O2. The second kappa shape index (κ2) is 5.32. The van der Waals surface area contributed by atoms with E-state index in [1.165, 1.54) is 0 Å². The van der Waals surface area contributed by atoms with Gasteiger partial charge in [0.25, 0.3) is 0 Å². The normalized spacial score (nSPS) is 26.9. The largest absolute Gasteiger partial charge is 0.384 e. The van der Waals surface area contributed by atoms with Crippen molar-refractivity contribution in [2.24, 2.45) is 17.6 Å². The van der Waals surface area contributed by atoms with Crippen molar-refractivity contribution in [1.29, 1.82) is 0 Å². The molecular weight excluding hydrogens is 180 g/mol. The number of carbonyl (C=O) groups is 1. The number of carbonyl (C=O) groups excluding carboxylic acids is 1. The van der Waals surface area contributed by atoms with Gasteiger partial charge in [0.1, 0.15) is 0 Å². The number of nitrogens with zero attached hydrogens (tertiary/aromatic N) is 1. The third kappa shape index (κ3) is 2.69. The van der Waals surface area contributed by atoms with Gasteiger partial charge in [-0.3, -0.25) is 4.79 Å². The Morgan fingerprint density at radius 2 is 2.29 bits per heavy atom. The highest BCUT2D eigenvalue weighted by atomic mass is 16.5. The molecule has 0 aromatic heterocycles. The Balaban J connectivity index is 2.41. The van der Waals surface area contributed by atoms with Gasteiger partial charge in [-0.1, -0.05) is 6.92 Å². The number of rotatable bonds is 4. The topological polar surface area (TPSA) is 55.6 Å². The van der Waals surface area contributed by atoms with Gasteiger partial charge in [0.05, 0.1) is 6.61 Å². The van der Waals surface area contributed by atoms with Gasteiger partial charge in [-0.25, -0.2) is 0 Å². The number of hydrogen-bond acceptors (Lipinski definition) is 3. The first kappa shape index (κ1) is 11.5. The summed E-state index contributed by atoms with van der Waals surface area (Å²) in [6.45, 7) is 5.03. The molecule has 14 heavy (non-hydrogen) atoms. The fraction of sp³-hybridized carbons (Fsp3) is 0.900. The lowest BCUT2D eigenvalue weighted by atomic mass is 10.00. The lowest BCUT2D eigenvalue weighted by Gasteiger charge is -2.15. The minimum absolute atomic E-state index is 0.179. The molecule has 0 aliphatic carbocycles. The van der Waals surface area contributed by atoms with E-state index < -0.39 is 0 Å². The van der Waals surface area contributed by atoms with Crippen molar-refractivity contribution >= 4 is 5.91 Å². The molecule has 1 heterocycles. The summed E-state index contributed by atoms with van der Waals surface area (Å²) in [6.07, 6.45) is 0.465. The second-order valence-corrected chi connectivity index (χ2v) is 4.03. The fourth-order valence-corrected chi connectivity index (χ4v) is 1.95. The molecule has 1 amide bonds. The first-order valence-corrected chi connectivity index (χ1v) is 5.15. The molecule has 1 fully saturated rings. The number of likely N-dealkylation sites (tertiary alicyclic amines) is 1. The Labute approximate surface area is 85.4 Å². The standard InChI is InChI=1S/C10H20N2O2/c1-8-5-12(10(13)3-4-11)6-9(8)7-14-2/h8-9H,3-7,11H2,1-2H3/t8-,9-/m0/s1. The highest BCUT2D eigenvalue weighted by molar-refractivity contribution is 5.76. The van der Waals surface area contributed by atoms with Crippen molar-refractivity contribution in [3.05, 3.63) is 0 Å². The maximum absolute atomic E-state index is 11.5. The Morgan fingerprint density at radius 3 is 2.86 bits per heavy atom. The summed E-state index contributed by atoms with van der Waals surface area (Å²) >= 11 is 0. The van der Waals surface area contributed by atoms with Gasteiger partial charge in [0.2, 0.25) is 5.91 Å². The van der Waals surface area contributed by atoms with E-state index in [4.69, 9.17) is 10.5 Å². The van der Waals surface area contributed by atoms with E-state index in [0.29, 0.717) is 24.8 Å². The summed E-state index contributed by atoms with van der Waals surface area (Å²) in [5.41, 5.74) is 5.35. The van der Waals surface area contributed by atoms with Gasteiger partial charge in [-0.2, -0.15) is 0 Å². The van der Waals surface area contributed by atoms with Crippen LogP contribution in [0.25, 0.3) is 0 Å².